The van der Waals surface area contributed by atoms with Crippen LogP contribution in [0.15, 0.2) is 35.0 Å². The molecular formula is C24H25ClFN5O3. The maximum Gasteiger partial charge on any atom is 0.315 e. The maximum atomic E-state index is 15.2. The minimum absolute atomic E-state index is 0.0276. The third-order valence-electron chi connectivity index (χ3n) is 5.49. The lowest BCUT2D eigenvalue weighted by atomic mass is 9.96. The summed E-state index contributed by atoms with van der Waals surface area (Å²) < 4.78 is 20.3. The van der Waals surface area contributed by atoms with Gasteiger partial charge in [-0.3, -0.25) is 9.59 Å². The Kier molecular flexibility index (Phi) is 6.40. The van der Waals surface area contributed by atoms with Crippen LogP contribution in [0.1, 0.15) is 68.7 Å². The molecule has 10 heteroatoms. The summed E-state index contributed by atoms with van der Waals surface area (Å²) in [6, 6.07) is 5.82. The van der Waals surface area contributed by atoms with Crippen molar-refractivity contribution in [3.05, 3.63) is 58.6 Å². The Hall–Kier alpha value is -3.33. The SMILES string of the molecule is CC(NC(=O)c1nc(C(C)(C)C)no1)c1ccc(-c2ccnc(NC(=O)C3CC3)c2)c(F)c1Cl. The van der Waals surface area contributed by atoms with Gasteiger partial charge in [-0.2, -0.15) is 4.98 Å². The summed E-state index contributed by atoms with van der Waals surface area (Å²) in [5.41, 5.74) is 0.791. The molecule has 1 aromatic carbocycles. The van der Waals surface area contributed by atoms with Gasteiger partial charge in [0.15, 0.2) is 5.82 Å². The fraction of sp³-hybridized carbons (Fsp3) is 0.375. The van der Waals surface area contributed by atoms with Gasteiger partial charge in [-0.05, 0) is 43.0 Å². The van der Waals surface area contributed by atoms with E-state index in [1.807, 2.05) is 20.8 Å². The minimum Gasteiger partial charge on any atom is -0.341 e. The van der Waals surface area contributed by atoms with Gasteiger partial charge in [-0.15, -0.1) is 0 Å². The number of hydrogen-bond acceptors (Lipinski definition) is 6. The molecule has 8 nitrogen and oxygen atoms in total. The van der Waals surface area contributed by atoms with Crippen LogP contribution < -0.4 is 10.6 Å². The molecule has 34 heavy (non-hydrogen) atoms. The van der Waals surface area contributed by atoms with Crippen molar-refractivity contribution in [2.75, 3.05) is 5.32 Å². The van der Waals surface area contributed by atoms with Crippen LogP contribution in [0.3, 0.4) is 0 Å². The highest BCUT2D eigenvalue weighted by Gasteiger charge is 2.30. The van der Waals surface area contributed by atoms with Crippen molar-refractivity contribution in [1.82, 2.24) is 20.4 Å². The fourth-order valence-corrected chi connectivity index (χ4v) is 3.65. The number of aromatic nitrogens is 3. The lowest BCUT2D eigenvalue weighted by molar-refractivity contribution is -0.117. The molecule has 2 N–H and O–H groups in total. The van der Waals surface area contributed by atoms with Gasteiger partial charge in [0.1, 0.15) is 11.6 Å². The fourth-order valence-electron chi connectivity index (χ4n) is 3.32. The van der Waals surface area contributed by atoms with Crippen LogP contribution in [0.4, 0.5) is 10.2 Å². The normalized spacial score (nSPS) is 14.5. The number of amides is 2. The molecule has 2 aromatic heterocycles. The molecule has 0 aliphatic heterocycles. The van der Waals surface area contributed by atoms with Crippen molar-refractivity contribution >= 4 is 29.2 Å². The van der Waals surface area contributed by atoms with E-state index in [-0.39, 0.29) is 33.7 Å². The highest BCUT2D eigenvalue weighted by Crippen LogP contribution is 2.34. The largest absolute Gasteiger partial charge is 0.341 e. The molecular weight excluding hydrogens is 461 g/mol. The average Bonchev–Trinajstić information content (AvgIpc) is 3.50. The van der Waals surface area contributed by atoms with Crippen molar-refractivity contribution in [2.24, 2.45) is 5.92 Å². The zero-order valence-electron chi connectivity index (χ0n) is 19.3. The number of rotatable bonds is 6. The van der Waals surface area contributed by atoms with Gasteiger partial charge >= 0.3 is 11.8 Å². The van der Waals surface area contributed by atoms with E-state index in [4.69, 9.17) is 16.1 Å². The number of hydrogen-bond donors (Lipinski definition) is 2. The van der Waals surface area contributed by atoms with Crippen molar-refractivity contribution in [2.45, 2.75) is 52.0 Å². The van der Waals surface area contributed by atoms with Crippen LogP contribution in [-0.4, -0.2) is 26.9 Å². The number of anilines is 1. The first-order chi connectivity index (χ1) is 16.0. The summed E-state index contributed by atoms with van der Waals surface area (Å²) in [5, 5.41) is 9.18. The van der Waals surface area contributed by atoms with E-state index in [1.54, 1.807) is 31.2 Å². The summed E-state index contributed by atoms with van der Waals surface area (Å²) in [5.74, 6) is -0.700. The van der Waals surface area contributed by atoms with Crippen LogP contribution in [-0.2, 0) is 10.2 Å². The standard InChI is InChI=1S/C24H25ClFN5O3/c1-12(28-21(33)22-30-23(31-34-22)24(2,3)4)15-7-8-16(19(26)18(15)25)14-9-10-27-17(11-14)29-20(32)13-5-6-13/h7-13H,5-6H2,1-4H3,(H,28,33)(H,27,29,32). The van der Waals surface area contributed by atoms with Gasteiger partial charge in [0.05, 0.1) is 11.1 Å². The van der Waals surface area contributed by atoms with Crippen LogP contribution in [0.2, 0.25) is 5.02 Å². The van der Waals surface area contributed by atoms with E-state index in [2.05, 4.69) is 25.8 Å². The molecule has 1 unspecified atom stereocenters. The average molecular weight is 486 g/mol. The Morgan fingerprint density at radius 1 is 1.24 bits per heavy atom. The second-order valence-electron chi connectivity index (χ2n) is 9.39. The van der Waals surface area contributed by atoms with Gasteiger partial charge in [-0.1, -0.05) is 49.7 Å². The summed E-state index contributed by atoms with van der Waals surface area (Å²) in [4.78, 5) is 32.8. The summed E-state index contributed by atoms with van der Waals surface area (Å²) >= 11 is 6.35. The van der Waals surface area contributed by atoms with Gasteiger partial charge in [0.2, 0.25) is 5.91 Å². The van der Waals surface area contributed by atoms with Crippen molar-refractivity contribution in [1.29, 1.82) is 0 Å². The molecule has 3 aromatic rings. The minimum atomic E-state index is -0.640. The van der Waals surface area contributed by atoms with Gasteiger partial charge in [-0.25, -0.2) is 9.37 Å². The van der Waals surface area contributed by atoms with E-state index < -0.39 is 17.8 Å². The highest BCUT2D eigenvalue weighted by atomic mass is 35.5. The number of carbonyl (C=O) groups is 2. The third kappa shape index (κ3) is 5.09. The van der Waals surface area contributed by atoms with E-state index in [0.717, 1.165) is 12.8 Å². The van der Waals surface area contributed by atoms with Gasteiger partial charge in [0, 0.05) is 23.1 Å². The molecule has 178 valence electrons. The summed E-state index contributed by atoms with van der Waals surface area (Å²) in [6.07, 6.45) is 3.24. The first-order valence-corrected chi connectivity index (χ1v) is 11.3. The van der Waals surface area contributed by atoms with Gasteiger partial charge in [0.25, 0.3) is 0 Å². The molecule has 0 bridgehead atoms. The molecule has 1 aliphatic rings. The molecule has 1 aliphatic carbocycles. The van der Waals surface area contributed by atoms with Crippen LogP contribution in [0.25, 0.3) is 11.1 Å². The molecule has 4 rings (SSSR count). The number of carbonyl (C=O) groups excluding carboxylic acids is 2. The third-order valence-corrected chi connectivity index (χ3v) is 5.87. The molecule has 1 atom stereocenters. The first kappa shape index (κ1) is 23.8. The number of nitrogens with zero attached hydrogens (tertiary/aromatic N) is 3. The van der Waals surface area contributed by atoms with Crippen molar-refractivity contribution < 1.29 is 18.5 Å². The second-order valence-corrected chi connectivity index (χ2v) is 9.77. The molecule has 2 heterocycles. The predicted octanol–water partition coefficient (Wildman–Crippen LogP) is 5.06. The molecule has 0 spiro atoms. The monoisotopic (exact) mass is 485 g/mol. The zero-order chi connectivity index (χ0) is 24.6. The van der Waals surface area contributed by atoms with Crippen LogP contribution >= 0.6 is 11.6 Å². The number of nitrogens with one attached hydrogen (secondary N) is 2. The Morgan fingerprint density at radius 2 is 1.97 bits per heavy atom. The van der Waals surface area contributed by atoms with Crippen molar-refractivity contribution in [3.8, 4) is 11.1 Å². The summed E-state index contributed by atoms with van der Waals surface area (Å²) in [6.45, 7) is 7.38. The Labute approximate surface area is 201 Å². The van der Waals surface area contributed by atoms with E-state index in [1.165, 1.54) is 6.20 Å². The summed E-state index contributed by atoms with van der Waals surface area (Å²) in [7, 11) is 0. The van der Waals surface area contributed by atoms with E-state index in [9.17, 15) is 9.59 Å². The Morgan fingerprint density at radius 3 is 2.62 bits per heavy atom. The molecule has 0 saturated heterocycles. The second kappa shape index (κ2) is 9.13. The molecule has 2 amide bonds. The quantitative estimate of drug-likeness (QED) is 0.505. The highest BCUT2D eigenvalue weighted by molar-refractivity contribution is 6.32. The topological polar surface area (TPSA) is 110 Å². The Balaban J connectivity index is 1.51. The van der Waals surface area contributed by atoms with Crippen LogP contribution in [0.5, 0.6) is 0 Å². The Bertz CT molecular complexity index is 1250. The van der Waals surface area contributed by atoms with Gasteiger partial charge < -0.3 is 15.2 Å². The molecule has 1 saturated carbocycles. The smallest absolute Gasteiger partial charge is 0.315 e. The van der Waals surface area contributed by atoms with Crippen molar-refractivity contribution in [3.63, 3.8) is 0 Å². The number of halogens is 2. The molecule has 1 fully saturated rings. The first-order valence-electron chi connectivity index (χ1n) is 10.9. The van der Waals surface area contributed by atoms with E-state index >= 15 is 4.39 Å². The van der Waals surface area contributed by atoms with Crippen LogP contribution in [0, 0.1) is 11.7 Å². The zero-order valence-corrected chi connectivity index (χ0v) is 20.0. The maximum absolute atomic E-state index is 15.2. The van der Waals surface area contributed by atoms with E-state index in [0.29, 0.717) is 22.8 Å². The number of benzene rings is 1. The lowest BCUT2D eigenvalue weighted by Gasteiger charge is -2.17. The molecule has 0 radical (unpaired) electrons. The predicted molar refractivity (Wildman–Crippen MR) is 125 cm³/mol. The lowest BCUT2D eigenvalue weighted by Crippen LogP contribution is -2.27. The number of pyridine rings is 1.